The van der Waals surface area contributed by atoms with Crippen LogP contribution in [0.4, 0.5) is 8.78 Å². The van der Waals surface area contributed by atoms with Gasteiger partial charge in [0.05, 0.1) is 24.5 Å². The van der Waals surface area contributed by atoms with Gasteiger partial charge in [-0.3, -0.25) is 4.79 Å². The predicted molar refractivity (Wildman–Crippen MR) is 97.5 cm³/mol. The zero-order valence-electron chi connectivity index (χ0n) is 14.8. The smallest absolute Gasteiger partial charge is 0.253 e. The third-order valence-electron chi connectivity index (χ3n) is 4.07. The number of carbonyl (C=O) groups excluding carboxylic acids is 1. The second-order valence-electron chi connectivity index (χ2n) is 6.02. The van der Waals surface area contributed by atoms with E-state index in [0.717, 1.165) is 5.39 Å². The van der Waals surface area contributed by atoms with E-state index in [4.69, 9.17) is 4.74 Å². The Labute approximate surface area is 155 Å². The van der Waals surface area contributed by atoms with Gasteiger partial charge in [-0.15, -0.1) is 0 Å². The molecule has 2 heterocycles. The van der Waals surface area contributed by atoms with Crippen LogP contribution in [0.5, 0.6) is 0 Å². The molecule has 140 valence electrons. The van der Waals surface area contributed by atoms with Gasteiger partial charge in [0, 0.05) is 23.7 Å². The third-order valence-corrected chi connectivity index (χ3v) is 4.07. The Morgan fingerprint density at radius 3 is 2.89 bits per heavy atom. The number of benzene rings is 1. The summed E-state index contributed by atoms with van der Waals surface area (Å²) in [6.07, 6.45) is 1.65. The Balaban J connectivity index is 1.67. The predicted octanol–water partition coefficient (Wildman–Crippen LogP) is 3.49. The fourth-order valence-electron chi connectivity index (χ4n) is 2.66. The first-order chi connectivity index (χ1) is 13.1. The molecule has 3 rings (SSSR count). The largest absolute Gasteiger partial charge is 0.374 e. The lowest BCUT2D eigenvalue weighted by Crippen LogP contribution is -2.24. The van der Waals surface area contributed by atoms with Crippen LogP contribution in [-0.2, 0) is 17.9 Å². The molecule has 0 aliphatic heterocycles. The van der Waals surface area contributed by atoms with E-state index >= 15 is 0 Å². The van der Waals surface area contributed by atoms with Gasteiger partial charge >= 0.3 is 0 Å². The highest BCUT2D eigenvalue weighted by Gasteiger charge is 2.12. The summed E-state index contributed by atoms with van der Waals surface area (Å²) in [7, 11) is 0. The number of hydrogen-bond acceptors (Lipinski definition) is 4. The molecule has 7 heteroatoms. The van der Waals surface area contributed by atoms with Gasteiger partial charge in [0.15, 0.2) is 5.65 Å². The number of aryl methyl sites for hydroxylation is 1. The molecular formula is C20H19F2N3O2. The van der Waals surface area contributed by atoms with Gasteiger partial charge in [0.2, 0.25) is 0 Å². The van der Waals surface area contributed by atoms with Crippen LogP contribution in [0.3, 0.4) is 0 Å². The summed E-state index contributed by atoms with van der Waals surface area (Å²) in [5.41, 5.74) is 2.57. The van der Waals surface area contributed by atoms with Crippen molar-refractivity contribution in [2.75, 3.05) is 13.3 Å². The van der Waals surface area contributed by atoms with Crippen molar-refractivity contribution in [2.45, 2.75) is 20.1 Å². The van der Waals surface area contributed by atoms with Gasteiger partial charge in [-0.2, -0.15) is 0 Å². The number of nitrogens with one attached hydrogen (secondary N) is 1. The fraction of sp³-hybridized carbons (Fsp3) is 0.250. The summed E-state index contributed by atoms with van der Waals surface area (Å²) in [4.78, 5) is 21.0. The minimum atomic E-state index is -0.606. The Bertz CT molecular complexity index is 963. The molecule has 0 saturated heterocycles. The van der Waals surface area contributed by atoms with Gasteiger partial charge in [-0.1, -0.05) is 12.1 Å². The van der Waals surface area contributed by atoms with Crippen LogP contribution in [0.1, 0.15) is 27.2 Å². The van der Waals surface area contributed by atoms with Gasteiger partial charge in [0.25, 0.3) is 5.91 Å². The van der Waals surface area contributed by atoms with Crippen LogP contribution >= 0.6 is 0 Å². The molecule has 5 nitrogen and oxygen atoms in total. The zero-order valence-corrected chi connectivity index (χ0v) is 14.8. The number of amides is 1. The van der Waals surface area contributed by atoms with Crippen LogP contribution in [-0.4, -0.2) is 29.2 Å². The Hall–Kier alpha value is -2.93. The van der Waals surface area contributed by atoms with Crippen molar-refractivity contribution >= 4 is 16.9 Å². The first-order valence-corrected chi connectivity index (χ1v) is 8.50. The molecule has 27 heavy (non-hydrogen) atoms. The minimum absolute atomic E-state index is 0.0123. The monoisotopic (exact) mass is 371 g/mol. The van der Waals surface area contributed by atoms with Gasteiger partial charge in [-0.05, 0) is 36.8 Å². The van der Waals surface area contributed by atoms with E-state index in [1.165, 1.54) is 6.07 Å². The van der Waals surface area contributed by atoms with Gasteiger partial charge in [0.1, 0.15) is 12.5 Å². The molecule has 3 aromatic rings. The van der Waals surface area contributed by atoms with Crippen LogP contribution in [0.25, 0.3) is 11.0 Å². The molecular weight excluding hydrogens is 352 g/mol. The summed E-state index contributed by atoms with van der Waals surface area (Å²) < 4.78 is 31.1. The van der Waals surface area contributed by atoms with Crippen molar-refractivity contribution < 1.29 is 18.3 Å². The molecule has 0 saturated carbocycles. The number of rotatable bonds is 7. The number of ether oxygens (including phenoxy) is 1. The average Bonchev–Trinajstić information content (AvgIpc) is 2.67. The highest BCUT2D eigenvalue weighted by atomic mass is 19.1. The first-order valence-electron chi connectivity index (χ1n) is 8.50. The second-order valence-corrected chi connectivity index (χ2v) is 6.02. The van der Waals surface area contributed by atoms with Crippen molar-refractivity contribution in [1.29, 1.82) is 0 Å². The maximum absolute atomic E-state index is 14.1. The molecule has 0 bridgehead atoms. The number of fused-ring (bicyclic) bond motifs is 1. The van der Waals surface area contributed by atoms with Crippen molar-refractivity contribution in [2.24, 2.45) is 0 Å². The molecule has 1 amide bonds. The Morgan fingerprint density at radius 2 is 2.11 bits per heavy atom. The fourth-order valence-corrected chi connectivity index (χ4v) is 2.66. The number of hydrogen-bond donors (Lipinski definition) is 1. The van der Waals surface area contributed by atoms with E-state index in [-0.39, 0.29) is 25.7 Å². The standard InChI is InChI=1S/C20H19F2N3O2/c1-13-17(10-15-3-2-7-23-19(15)25-13)20(26)24-11-14-4-5-16(18(22)9-14)12-27-8-6-21/h2-5,7,9-10H,6,8,11-12H2,1H3,(H,24,26). The lowest BCUT2D eigenvalue weighted by Gasteiger charge is -2.10. The van der Waals surface area contributed by atoms with E-state index in [1.807, 2.05) is 6.07 Å². The molecule has 0 aliphatic carbocycles. The van der Waals surface area contributed by atoms with Crippen LogP contribution in [0, 0.1) is 12.7 Å². The van der Waals surface area contributed by atoms with Crippen molar-refractivity contribution in [3.8, 4) is 0 Å². The number of aromatic nitrogens is 2. The number of halogens is 2. The van der Waals surface area contributed by atoms with E-state index in [2.05, 4.69) is 15.3 Å². The zero-order chi connectivity index (χ0) is 19.2. The number of pyridine rings is 2. The lowest BCUT2D eigenvalue weighted by molar-refractivity contribution is 0.0949. The SMILES string of the molecule is Cc1nc2ncccc2cc1C(=O)NCc1ccc(COCCF)c(F)c1. The molecule has 0 atom stereocenters. The van der Waals surface area contributed by atoms with Crippen LogP contribution in [0.15, 0.2) is 42.6 Å². The van der Waals surface area contributed by atoms with Crippen LogP contribution < -0.4 is 5.32 Å². The second kappa shape index (κ2) is 8.64. The molecule has 0 aliphatic rings. The Morgan fingerprint density at radius 1 is 1.26 bits per heavy atom. The number of nitrogens with zero attached hydrogens (tertiary/aromatic N) is 2. The maximum Gasteiger partial charge on any atom is 0.253 e. The molecule has 0 radical (unpaired) electrons. The topological polar surface area (TPSA) is 64.1 Å². The summed E-state index contributed by atoms with van der Waals surface area (Å²) in [6, 6.07) is 9.97. The van der Waals surface area contributed by atoms with E-state index in [0.29, 0.717) is 28.0 Å². The maximum atomic E-state index is 14.1. The normalized spacial score (nSPS) is 10.9. The molecule has 0 fully saturated rings. The van der Waals surface area contributed by atoms with Gasteiger partial charge < -0.3 is 10.1 Å². The Kier molecular flexibility index (Phi) is 6.03. The molecule has 1 N–H and O–H groups in total. The van der Waals surface area contributed by atoms with E-state index in [1.54, 1.807) is 37.4 Å². The minimum Gasteiger partial charge on any atom is -0.374 e. The van der Waals surface area contributed by atoms with E-state index < -0.39 is 12.5 Å². The van der Waals surface area contributed by atoms with Crippen molar-refractivity contribution in [3.63, 3.8) is 0 Å². The number of carbonyl (C=O) groups is 1. The first kappa shape index (κ1) is 18.8. The summed E-state index contributed by atoms with van der Waals surface area (Å²) >= 11 is 0. The molecule has 2 aromatic heterocycles. The average molecular weight is 371 g/mol. The molecule has 1 aromatic carbocycles. The molecule has 0 unspecified atom stereocenters. The number of alkyl halides is 1. The summed E-state index contributed by atoms with van der Waals surface area (Å²) in [6.45, 7) is 1.26. The summed E-state index contributed by atoms with van der Waals surface area (Å²) in [5.74, 6) is -0.739. The third kappa shape index (κ3) is 4.62. The van der Waals surface area contributed by atoms with Crippen molar-refractivity contribution in [1.82, 2.24) is 15.3 Å². The van der Waals surface area contributed by atoms with Crippen molar-refractivity contribution in [3.05, 3.63) is 70.8 Å². The van der Waals surface area contributed by atoms with E-state index in [9.17, 15) is 13.6 Å². The quantitative estimate of drug-likeness (QED) is 0.646. The van der Waals surface area contributed by atoms with Crippen LogP contribution in [0.2, 0.25) is 0 Å². The highest BCUT2D eigenvalue weighted by molar-refractivity contribution is 5.98. The molecule has 0 spiro atoms. The summed E-state index contributed by atoms with van der Waals surface area (Å²) in [5, 5.41) is 3.55. The highest BCUT2D eigenvalue weighted by Crippen LogP contribution is 2.15. The lowest BCUT2D eigenvalue weighted by atomic mass is 10.1. The van der Waals surface area contributed by atoms with Gasteiger partial charge in [-0.25, -0.2) is 18.7 Å².